The number of carbonyl (C=O) groups excluding carboxylic acids is 1. The second kappa shape index (κ2) is 7.23. The van der Waals surface area contributed by atoms with Crippen molar-refractivity contribution in [3.63, 3.8) is 0 Å². The fourth-order valence-electron chi connectivity index (χ4n) is 3.79. The fourth-order valence-corrected chi connectivity index (χ4v) is 3.79. The number of methoxy groups -OCH3 is 1. The van der Waals surface area contributed by atoms with Crippen molar-refractivity contribution in [2.24, 2.45) is 0 Å². The molecule has 6 nitrogen and oxygen atoms in total. The molecule has 26 heavy (non-hydrogen) atoms. The van der Waals surface area contributed by atoms with E-state index in [4.69, 9.17) is 4.74 Å². The van der Waals surface area contributed by atoms with Crippen LogP contribution in [0.25, 0.3) is 10.9 Å². The van der Waals surface area contributed by atoms with Gasteiger partial charge in [0.05, 0.1) is 12.6 Å². The molecular weight excluding hydrogens is 328 g/mol. The van der Waals surface area contributed by atoms with Gasteiger partial charge in [0.2, 0.25) is 0 Å². The number of hydrogen-bond donors (Lipinski definition) is 2. The van der Waals surface area contributed by atoms with Crippen LogP contribution in [0.3, 0.4) is 0 Å². The quantitative estimate of drug-likeness (QED) is 0.693. The SMILES string of the molecule is COc1cccc2c1ccn2CCNC(=O)c1n[nH]c2c1CCCCC2. The summed E-state index contributed by atoms with van der Waals surface area (Å²) >= 11 is 0. The smallest absolute Gasteiger partial charge is 0.272 e. The van der Waals surface area contributed by atoms with E-state index in [0.717, 1.165) is 47.2 Å². The predicted molar refractivity (Wildman–Crippen MR) is 101 cm³/mol. The molecule has 0 saturated carbocycles. The summed E-state index contributed by atoms with van der Waals surface area (Å²) in [4.78, 5) is 12.6. The number of amides is 1. The number of hydrogen-bond acceptors (Lipinski definition) is 3. The second-order valence-electron chi connectivity index (χ2n) is 6.75. The summed E-state index contributed by atoms with van der Waals surface area (Å²) in [5.74, 6) is 0.781. The molecular formula is C20H24N4O2. The van der Waals surface area contributed by atoms with Gasteiger partial charge in [0.15, 0.2) is 5.69 Å². The Balaban J connectivity index is 1.42. The number of ether oxygens (including phenoxy) is 1. The van der Waals surface area contributed by atoms with Gasteiger partial charge in [-0.2, -0.15) is 5.10 Å². The van der Waals surface area contributed by atoms with Crippen LogP contribution < -0.4 is 10.1 Å². The van der Waals surface area contributed by atoms with E-state index in [9.17, 15) is 4.79 Å². The molecule has 0 bridgehead atoms. The Labute approximate surface area is 152 Å². The molecule has 2 heterocycles. The van der Waals surface area contributed by atoms with Crippen molar-refractivity contribution < 1.29 is 9.53 Å². The fraction of sp³-hybridized carbons (Fsp3) is 0.400. The zero-order valence-electron chi connectivity index (χ0n) is 15.0. The summed E-state index contributed by atoms with van der Waals surface area (Å²) in [6.45, 7) is 1.26. The van der Waals surface area contributed by atoms with E-state index in [1.807, 2.05) is 24.4 Å². The van der Waals surface area contributed by atoms with E-state index < -0.39 is 0 Å². The third kappa shape index (κ3) is 3.07. The molecule has 0 spiro atoms. The van der Waals surface area contributed by atoms with Gasteiger partial charge in [-0.25, -0.2) is 0 Å². The van der Waals surface area contributed by atoms with Crippen LogP contribution in [0.2, 0.25) is 0 Å². The number of aromatic nitrogens is 3. The Bertz CT molecular complexity index is 925. The number of H-pyrrole nitrogens is 1. The van der Waals surface area contributed by atoms with Crippen molar-refractivity contribution in [3.8, 4) is 5.75 Å². The molecule has 0 atom stereocenters. The molecule has 0 fully saturated rings. The van der Waals surface area contributed by atoms with Crippen molar-refractivity contribution in [3.05, 3.63) is 47.4 Å². The van der Waals surface area contributed by atoms with Crippen LogP contribution in [0.1, 0.15) is 41.0 Å². The minimum atomic E-state index is -0.0848. The first-order chi connectivity index (χ1) is 12.8. The molecule has 136 valence electrons. The lowest BCUT2D eigenvalue weighted by molar-refractivity contribution is 0.0946. The maximum atomic E-state index is 12.6. The summed E-state index contributed by atoms with van der Waals surface area (Å²) in [5.41, 5.74) is 3.92. The van der Waals surface area contributed by atoms with Crippen molar-refractivity contribution in [1.82, 2.24) is 20.1 Å². The summed E-state index contributed by atoms with van der Waals surface area (Å²) < 4.78 is 7.53. The van der Waals surface area contributed by atoms with Crippen LogP contribution in [0.5, 0.6) is 5.75 Å². The highest BCUT2D eigenvalue weighted by atomic mass is 16.5. The largest absolute Gasteiger partial charge is 0.496 e. The van der Waals surface area contributed by atoms with Crippen molar-refractivity contribution >= 4 is 16.8 Å². The molecule has 1 aromatic carbocycles. The Kier molecular flexibility index (Phi) is 4.65. The molecule has 0 saturated heterocycles. The molecule has 4 rings (SSSR count). The van der Waals surface area contributed by atoms with E-state index in [2.05, 4.69) is 26.1 Å². The Morgan fingerprint density at radius 1 is 1.27 bits per heavy atom. The summed E-state index contributed by atoms with van der Waals surface area (Å²) in [7, 11) is 1.68. The van der Waals surface area contributed by atoms with Gasteiger partial charge in [0, 0.05) is 35.9 Å². The van der Waals surface area contributed by atoms with Gasteiger partial charge < -0.3 is 14.6 Å². The normalized spacial score (nSPS) is 14.0. The minimum Gasteiger partial charge on any atom is -0.496 e. The van der Waals surface area contributed by atoms with Crippen LogP contribution in [-0.4, -0.2) is 34.3 Å². The van der Waals surface area contributed by atoms with Crippen molar-refractivity contribution in [2.45, 2.75) is 38.6 Å². The lowest BCUT2D eigenvalue weighted by atomic mass is 10.1. The zero-order chi connectivity index (χ0) is 17.9. The van der Waals surface area contributed by atoms with E-state index in [0.29, 0.717) is 18.8 Å². The number of rotatable bonds is 5. The average Bonchev–Trinajstić information content (AvgIpc) is 3.19. The van der Waals surface area contributed by atoms with E-state index in [1.54, 1.807) is 7.11 Å². The second-order valence-corrected chi connectivity index (χ2v) is 6.75. The van der Waals surface area contributed by atoms with Gasteiger partial charge >= 0.3 is 0 Å². The monoisotopic (exact) mass is 352 g/mol. The highest BCUT2D eigenvalue weighted by Gasteiger charge is 2.20. The molecule has 1 amide bonds. The van der Waals surface area contributed by atoms with Crippen molar-refractivity contribution in [1.29, 1.82) is 0 Å². The number of aromatic amines is 1. The number of carbonyl (C=O) groups is 1. The summed E-state index contributed by atoms with van der Waals surface area (Å²) in [6, 6.07) is 8.05. The van der Waals surface area contributed by atoms with Gasteiger partial charge in [-0.1, -0.05) is 12.5 Å². The van der Waals surface area contributed by atoms with Crippen LogP contribution in [0.15, 0.2) is 30.5 Å². The van der Waals surface area contributed by atoms with E-state index >= 15 is 0 Å². The van der Waals surface area contributed by atoms with E-state index in [-0.39, 0.29) is 5.91 Å². The maximum absolute atomic E-state index is 12.6. The lowest BCUT2D eigenvalue weighted by Gasteiger charge is -2.08. The summed E-state index contributed by atoms with van der Waals surface area (Å²) in [6.07, 6.45) is 7.47. The van der Waals surface area contributed by atoms with Crippen LogP contribution in [0.4, 0.5) is 0 Å². The third-order valence-electron chi connectivity index (χ3n) is 5.15. The maximum Gasteiger partial charge on any atom is 0.272 e. The third-order valence-corrected chi connectivity index (χ3v) is 5.15. The molecule has 2 N–H and O–H groups in total. The Morgan fingerprint density at radius 3 is 3.04 bits per heavy atom. The Hall–Kier alpha value is -2.76. The van der Waals surface area contributed by atoms with Gasteiger partial charge in [-0.3, -0.25) is 9.89 Å². The average molecular weight is 352 g/mol. The minimum absolute atomic E-state index is 0.0848. The molecule has 0 radical (unpaired) electrons. The molecule has 3 aromatic rings. The first-order valence-corrected chi connectivity index (χ1v) is 9.24. The molecule has 2 aromatic heterocycles. The van der Waals surface area contributed by atoms with Crippen molar-refractivity contribution in [2.75, 3.05) is 13.7 Å². The highest BCUT2D eigenvalue weighted by Crippen LogP contribution is 2.26. The lowest BCUT2D eigenvalue weighted by Crippen LogP contribution is -2.28. The number of benzene rings is 1. The molecule has 1 aliphatic carbocycles. The van der Waals surface area contributed by atoms with Crippen LogP contribution >= 0.6 is 0 Å². The zero-order valence-corrected chi connectivity index (χ0v) is 15.0. The molecule has 0 unspecified atom stereocenters. The van der Waals surface area contributed by atoms with Gasteiger partial charge in [0.1, 0.15) is 5.75 Å². The first-order valence-electron chi connectivity index (χ1n) is 9.24. The van der Waals surface area contributed by atoms with Crippen LogP contribution in [0, 0.1) is 0 Å². The number of fused-ring (bicyclic) bond motifs is 2. The Morgan fingerprint density at radius 2 is 2.15 bits per heavy atom. The number of nitrogens with zero attached hydrogens (tertiary/aromatic N) is 2. The molecule has 1 aliphatic rings. The number of aryl methyl sites for hydroxylation is 1. The summed E-state index contributed by atoms with van der Waals surface area (Å²) in [5, 5.41) is 11.4. The van der Waals surface area contributed by atoms with Gasteiger partial charge in [-0.05, 0) is 43.9 Å². The van der Waals surface area contributed by atoms with Gasteiger partial charge in [0.25, 0.3) is 5.91 Å². The standard InChI is InChI=1S/C20H24N4O2/c1-26-18-9-5-8-17-15(18)10-12-24(17)13-11-21-20(25)19-14-6-3-2-4-7-16(14)22-23-19/h5,8-10,12H,2-4,6-7,11,13H2,1H3,(H,21,25)(H,22,23). The number of nitrogens with one attached hydrogen (secondary N) is 2. The first kappa shape index (κ1) is 16.7. The van der Waals surface area contributed by atoms with E-state index in [1.165, 1.54) is 12.8 Å². The molecule has 6 heteroatoms. The molecule has 0 aliphatic heterocycles. The predicted octanol–water partition coefficient (Wildman–Crippen LogP) is 3.07. The highest BCUT2D eigenvalue weighted by molar-refractivity contribution is 5.94. The van der Waals surface area contributed by atoms with Gasteiger partial charge in [-0.15, -0.1) is 0 Å². The van der Waals surface area contributed by atoms with Crippen LogP contribution in [-0.2, 0) is 19.4 Å². The topological polar surface area (TPSA) is 71.9 Å².